The second-order valence-electron chi connectivity index (χ2n) is 6.65. The Labute approximate surface area is 166 Å². The van der Waals surface area contributed by atoms with Crippen LogP contribution in [0.25, 0.3) is 0 Å². The van der Waals surface area contributed by atoms with Crippen LogP contribution < -0.4 is 15.4 Å². The molecule has 0 saturated carbocycles. The van der Waals surface area contributed by atoms with Crippen LogP contribution in [0.1, 0.15) is 23.6 Å². The molecule has 0 aliphatic carbocycles. The molecule has 3 rings (SSSR count). The topological polar surface area (TPSA) is 59.6 Å². The summed E-state index contributed by atoms with van der Waals surface area (Å²) < 4.78 is 11.3. The zero-order valence-electron chi connectivity index (χ0n) is 15.7. The summed E-state index contributed by atoms with van der Waals surface area (Å²) in [6, 6.07) is 15.8. The number of carbonyl (C=O) groups is 1. The number of halogens is 1. The average molecular weight is 391 g/mol. The van der Waals surface area contributed by atoms with Crippen molar-refractivity contribution in [2.75, 3.05) is 13.2 Å². The molecule has 2 atom stereocenters. The summed E-state index contributed by atoms with van der Waals surface area (Å²) in [7, 11) is 0. The van der Waals surface area contributed by atoms with Crippen LogP contribution in [0.2, 0.25) is 0 Å². The van der Waals surface area contributed by atoms with E-state index in [0.29, 0.717) is 26.3 Å². The predicted molar refractivity (Wildman–Crippen MR) is 108 cm³/mol. The first-order valence-corrected chi connectivity index (χ1v) is 9.02. The highest BCUT2D eigenvalue weighted by Gasteiger charge is 2.27. The SMILES string of the molecule is Cc1cccc(COc2ccc(CNC(=O)[C@H]3NCCO[C@@H]3C)cc2)c1.Cl. The monoisotopic (exact) mass is 390 g/mol. The summed E-state index contributed by atoms with van der Waals surface area (Å²) in [5.74, 6) is 0.787. The van der Waals surface area contributed by atoms with Gasteiger partial charge in [0.2, 0.25) is 5.91 Å². The molecule has 0 spiro atoms. The molecule has 1 heterocycles. The van der Waals surface area contributed by atoms with Crippen molar-refractivity contribution in [3.8, 4) is 5.75 Å². The molecule has 2 aromatic rings. The normalized spacial score (nSPS) is 19.0. The first-order chi connectivity index (χ1) is 12.6. The molecule has 1 fully saturated rings. The Morgan fingerprint density at radius 3 is 2.70 bits per heavy atom. The Bertz CT molecular complexity index is 736. The van der Waals surface area contributed by atoms with Gasteiger partial charge in [0.15, 0.2) is 0 Å². The van der Waals surface area contributed by atoms with Crippen molar-refractivity contribution in [3.05, 3.63) is 65.2 Å². The molecule has 0 radical (unpaired) electrons. The minimum atomic E-state index is -0.291. The number of aryl methyl sites for hydroxylation is 1. The fourth-order valence-electron chi connectivity index (χ4n) is 3.00. The molecule has 1 aliphatic heterocycles. The second-order valence-corrected chi connectivity index (χ2v) is 6.65. The van der Waals surface area contributed by atoms with Crippen molar-refractivity contribution in [2.24, 2.45) is 0 Å². The molecule has 2 N–H and O–H groups in total. The van der Waals surface area contributed by atoms with Crippen LogP contribution in [0.15, 0.2) is 48.5 Å². The van der Waals surface area contributed by atoms with Crippen molar-refractivity contribution < 1.29 is 14.3 Å². The molecule has 0 aromatic heterocycles. The van der Waals surface area contributed by atoms with E-state index in [1.165, 1.54) is 5.56 Å². The molecule has 2 aromatic carbocycles. The highest BCUT2D eigenvalue weighted by atomic mass is 35.5. The number of morpholine rings is 1. The van der Waals surface area contributed by atoms with Gasteiger partial charge in [-0.3, -0.25) is 4.79 Å². The van der Waals surface area contributed by atoms with Gasteiger partial charge in [0.05, 0.1) is 12.7 Å². The van der Waals surface area contributed by atoms with Gasteiger partial charge < -0.3 is 20.1 Å². The maximum Gasteiger partial charge on any atom is 0.240 e. The summed E-state index contributed by atoms with van der Waals surface area (Å²) in [6.07, 6.45) is -0.110. The van der Waals surface area contributed by atoms with E-state index in [4.69, 9.17) is 9.47 Å². The molecule has 1 aliphatic rings. The Hall–Kier alpha value is -2.08. The van der Waals surface area contributed by atoms with Gasteiger partial charge in [-0.25, -0.2) is 0 Å². The number of carbonyl (C=O) groups excluding carboxylic acids is 1. The molecule has 5 nitrogen and oxygen atoms in total. The highest BCUT2D eigenvalue weighted by molar-refractivity contribution is 5.85. The van der Waals surface area contributed by atoms with E-state index in [0.717, 1.165) is 16.9 Å². The van der Waals surface area contributed by atoms with Gasteiger partial charge in [-0.2, -0.15) is 0 Å². The summed E-state index contributed by atoms with van der Waals surface area (Å²) in [4.78, 5) is 12.3. The van der Waals surface area contributed by atoms with Crippen LogP contribution in [0.4, 0.5) is 0 Å². The average Bonchev–Trinajstić information content (AvgIpc) is 2.66. The predicted octanol–water partition coefficient (Wildman–Crippen LogP) is 2.99. The maximum absolute atomic E-state index is 12.3. The van der Waals surface area contributed by atoms with Crippen LogP contribution in [0, 0.1) is 6.92 Å². The van der Waals surface area contributed by atoms with Gasteiger partial charge in [-0.15, -0.1) is 12.4 Å². The lowest BCUT2D eigenvalue weighted by Crippen LogP contribution is -2.55. The summed E-state index contributed by atoms with van der Waals surface area (Å²) in [5.41, 5.74) is 3.41. The molecule has 0 unspecified atom stereocenters. The van der Waals surface area contributed by atoms with Gasteiger partial charge in [-0.05, 0) is 37.1 Å². The zero-order valence-corrected chi connectivity index (χ0v) is 16.6. The van der Waals surface area contributed by atoms with Crippen molar-refractivity contribution in [1.29, 1.82) is 0 Å². The minimum Gasteiger partial charge on any atom is -0.489 e. The second kappa shape index (κ2) is 10.3. The zero-order chi connectivity index (χ0) is 18.4. The van der Waals surface area contributed by atoms with Crippen molar-refractivity contribution in [1.82, 2.24) is 10.6 Å². The number of amides is 1. The molecule has 0 bridgehead atoms. The smallest absolute Gasteiger partial charge is 0.240 e. The number of rotatable bonds is 6. The van der Waals surface area contributed by atoms with Crippen LogP contribution in [-0.2, 0) is 22.7 Å². The van der Waals surface area contributed by atoms with Crippen LogP contribution in [0.3, 0.4) is 0 Å². The lowest BCUT2D eigenvalue weighted by atomic mass is 10.1. The van der Waals surface area contributed by atoms with E-state index in [9.17, 15) is 4.79 Å². The van der Waals surface area contributed by atoms with Gasteiger partial charge in [0, 0.05) is 13.1 Å². The number of hydrogen-bond donors (Lipinski definition) is 2. The Morgan fingerprint density at radius 1 is 1.22 bits per heavy atom. The molecular formula is C21H27ClN2O3. The fourth-order valence-corrected chi connectivity index (χ4v) is 3.00. The number of nitrogens with one attached hydrogen (secondary N) is 2. The lowest BCUT2D eigenvalue weighted by molar-refractivity contribution is -0.129. The summed E-state index contributed by atoms with van der Waals surface area (Å²) in [6.45, 7) is 6.37. The van der Waals surface area contributed by atoms with Crippen molar-refractivity contribution in [2.45, 2.75) is 39.1 Å². The third-order valence-electron chi connectivity index (χ3n) is 4.48. The maximum atomic E-state index is 12.3. The number of benzene rings is 2. The first kappa shape index (κ1) is 21.2. The largest absolute Gasteiger partial charge is 0.489 e. The number of hydrogen-bond acceptors (Lipinski definition) is 4. The van der Waals surface area contributed by atoms with E-state index in [1.807, 2.05) is 37.3 Å². The fraction of sp³-hybridized carbons (Fsp3) is 0.381. The van der Waals surface area contributed by atoms with Gasteiger partial charge >= 0.3 is 0 Å². The first-order valence-electron chi connectivity index (χ1n) is 9.02. The summed E-state index contributed by atoms with van der Waals surface area (Å²) in [5, 5.41) is 6.15. The molecule has 146 valence electrons. The Morgan fingerprint density at radius 2 is 2.00 bits per heavy atom. The Kier molecular flexibility index (Phi) is 8.10. The minimum absolute atomic E-state index is 0. The van der Waals surface area contributed by atoms with Gasteiger partial charge in [-0.1, -0.05) is 42.0 Å². The van der Waals surface area contributed by atoms with Gasteiger partial charge in [0.25, 0.3) is 0 Å². The third kappa shape index (κ3) is 6.24. The Balaban J connectivity index is 0.00000261. The van der Waals surface area contributed by atoms with Crippen LogP contribution in [-0.4, -0.2) is 31.2 Å². The molecule has 6 heteroatoms. The van der Waals surface area contributed by atoms with E-state index >= 15 is 0 Å². The number of ether oxygens (including phenoxy) is 2. The molecule has 1 amide bonds. The summed E-state index contributed by atoms with van der Waals surface area (Å²) >= 11 is 0. The third-order valence-corrected chi connectivity index (χ3v) is 4.48. The van der Waals surface area contributed by atoms with E-state index in [1.54, 1.807) is 0 Å². The van der Waals surface area contributed by atoms with Crippen LogP contribution >= 0.6 is 12.4 Å². The van der Waals surface area contributed by atoms with Gasteiger partial charge in [0.1, 0.15) is 18.4 Å². The van der Waals surface area contributed by atoms with Crippen LogP contribution in [0.5, 0.6) is 5.75 Å². The van der Waals surface area contributed by atoms with Crippen molar-refractivity contribution in [3.63, 3.8) is 0 Å². The van der Waals surface area contributed by atoms with E-state index in [-0.39, 0.29) is 30.5 Å². The van der Waals surface area contributed by atoms with Crippen molar-refractivity contribution >= 4 is 18.3 Å². The quantitative estimate of drug-likeness (QED) is 0.796. The molecule has 27 heavy (non-hydrogen) atoms. The lowest BCUT2D eigenvalue weighted by Gasteiger charge is -2.29. The molecular weight excluding hydrogens is 364 g/mol. The van der Waals surface area contributed by atoms with E-state index < -0.39 is 0 Å². The highest BCUT2D eigenvalue weighted by Crippen LogP contribution is 2.15. The standard InChI is InChI=1S/C21H26N2O3.ClH/c1-15-4-3-5-18(12-15)14-26-19-8-6-17(7-9-19)13-23-21(24)20-16(2)25-11-10-22-20;/h3-9,12,16,20,22H,10-11,13-14H2,1-2H3,(H,23,24);1H/t16-,20+;/m1./s1. The molecule has 1 saturated heterocycles. The van der Waals surface area contributed by atoms with E-state index in [2.05, 4.69) is 35.8 Å².